The van der Waals surface area contributed by atoms with Gasteiger partial charge >= 0.3 is 0 Å². The molecule has 1 amide bonds. The molecule has 0 aliphatic carbocycles. The number of amides is 1. The van der Waals surface area contributed by atoms with Gasteiger partial charge in [-0.25, -0.2) is 9.38 Å². The number of carbonyl (C=O) groups is 1. The first-order chi connectivity index (χ1) is 16.7. The second kappa shape index (κ2) is 11.0. The number of nitrogens with zero attached hydrogens (tertiary/aromatic N) is 1. The highest BCUT2D eigenvalue weighted by Crippen LogP contribution is 2.39. The maximum Gasteiger partial charge on any atom is 0.264 e. The topological polar surface area (TPSA) is 59.9 Å². The van der Waals surface area contributed by atoms with Gasteiger partial charge in [0.05, 0.1) is 22.2 Å². The van der Waals surface area contributed by atoms with Gasteiger partial charge in [-0.2, -0.15) is 0 Å². The van der Waals surface area contributed by atoms with Crippen LogP contribution in [0.1, 0.15) is 22.3 Å². The van der Waals surface area contributed by atoms with Crippen molar-refractivity contribution in [3.8, 4) is 11.5 Å². The number of methoxy groups -OCH3 is 1. The first-order valence-electron chi connectivity index (χ1n) is 10.5. The van der Waals surface area contributed by atoms with E-state index in [1.807, 2.05) is 32.0 Å². The number of halogens is 3. The summed E-state index contributed by atoms with van der Waals surface area (Å²) in [6, 6.07) is 13.8. The third kappa shape index (κ3) is 6.15. The molecule has 0 radical (unpaired) electrons. The van der Waals surface area contributed by atoms with Crippen molar-refractivity contribution in [2.45, 2.75) is 20.5 Å². The maximum absolute atomic E-state index is 13.5. The lowest BCUT2D eigenvalue weighted by atomic mass is 10.1. The molecule has 1 fully saturated rings. The van der Waals surface area contributed by atoms with Crippen LogP contribution in [0.5, 0.6) is 11.5 Å². The summed E-state index contributed by atoms with van der Waals surface area (Å²) in [5.41, 5.74) is 4.38. The Morgan fingerprint density at radius 2 is 1.86 bits per heavy atom. The summed E-state index contributed by atoms with van der Waals surface area (Å²) in [5, 5.41) is 3.34. The molecule has 0 spiro atoms. The van der Waals surface area contributed by atoms with Gasteiger partial charge < -0.3 is 14.8 Å². The van der Waals surface area contributed by atoms with Crippen LogP contribution < -0.4 is 14.8 Å². The summed E-state index contributed by atoms with van der Waals surface area (Å²) in [6.07, 6.45) is 1.77. The number of ether oxygens (including phenoxy) is 2. The van der Waals surface area contributed by atoms with Crippen molar-refractivity contribution in [3.05, 3.63) is 90.5 Å². The fraction of sp³-hybridized carbons (Fsp3) is 0.154. The highest BCUT2D eigenvalue weighted by molar-refractivity contribution is 9.10. The van der Waals surface area contributed by atoms with Crippen LogP contribution in [0.4, 0.5) is 10.1 Å². The van der Waals surface area contributed by atoms with Gasteiger partial charge in [-0.3, -0.25) is 4.79 Å². The Kier molecular flexibility index (Phi) is 7.98. The molecule has 3 aromatic carbocycles. The van der Waals surface area contributed by atoms with Crippen molar-refractivity contribution in [2.24, 2.45) is 4.99 Å². The lowest BCUT2D eigenvalue weighted by molar-refractivity contribution is -0.115. The number of carbonyl (C=O) groups excluding carboxylic acids is 1. The van der Waals surface area contributed by atoms with Crippen molar-refractivity contribution in [2.75, 3.05) is 7.11 Å². The molecule has 180 valence electrons. The number of thioether (sulfide) groups is 1. The fourth-order valence-corrected chi connectivity index (χ4v) is 5.13. The average Bonchev–Trinajstić information content (AvgIpc) is 3.14. The molecule has 35 heavy (non-hydrogen) atoms. The molecule has 5 nitrogen and oxygen atoms in total. The Morgan fingerprint density at radius 3 is 2.54 bits per heavy atom. The second-order valence-electron chi connectivity index (χ2n) is 7.83. The number of nitrogens with one attached hydrogen (secondary N) is 1. The van der Waals surface area contributed by atoms with Gasteiger partial charge in [0.15, 0.2) is 16.7 Å². The highest BCUT2D eigenvalue weighted by Gasteiger charge is 2.24. The van der Waals surface area contributed by atoms with Gasteiger partial charge in [0.2, 0.25) is 0 Å². The normalized spacial score (nSPS) is 15.5. The Bertz CT molecular complexity index is 1350. The van der Waals surface area contributed by atoms with Crippen LogP contribution in [0, 0.1) is 19.7 Å². The van der Waals surface area contributed by atoms with Crippen molar-refractivity contribution in [1.82, 2.24) is 5.32 Å². The third-order valence-corrected chi connectivity index (χ3v) is 7.87. The van der Waals surface area contributed by atoms with E-state index in [-0.39, 0.29) is 18.3 Å². The van der Waals surface area contributed by atoms with Crippen LogP contribution in [0.25, 0.3) is 6.08 Å². The lowest BCUT2D eigenvalue weighted by Gasteiger charge is -2.14. The van der Waals surface area contributed by atoms with E-state index in [0.717, 1.165) is 26.9 Å². The van der Waals surface area contributed by atoms with Crippen molar-refractivity contribution in [1.29, 1.82) is 0 Å². The molecule has 1 heterocycles. The van der Waals surface area contributed by atoms with Gasteiger partial charge in [-0.15, -0.1) is 0 Å². The minimum atomic E-state index is -0.320. The Morgan fingerprint density at radius 1 is 1.11 bits per heavy atom. The minimum Gasteiger partial charge on any atom is -0.493 e. The Labute approximate surface area is 224 Å². The van der Waals surface area contributed by atoms with Crippen LogP contribution in [0.2, 0.25) is 0 Å². The fourth-order valence-electron chi connectivity index (χ4n) is 3.48. The molecule has 0 atom stereocenters. The van der Waals surface area contributed by atoms with E-state index >= 15 is 0 Å². The summed E-state index contributed by atoms with van der Waals surface area (Å²) in [6.45, 7) is 4.19. The standard InChI is InChI=1S/C26H21Br2FN2O3S/c1-14-7-19(8-15(2)23(14)28)30-26-31-25(32)22(35-26)12-17-10-20(27)24(21(11-17)33-3)34-13-16-5-4-6-18(29)9-16/h4-12H,13H2,1-3H3,(H,30,31,32)/b22-12-. The predicted molar refractivity (Wildman–Crippen MR) is 146 cm³/mol. The van der Waals surface area contributed by atoms with Gasteiger partial charge in [0, 0.05) is 4.47 Å². The molecule has 3 aromatic rings. The van der Waals surface area contributed by atoms with Gasteiger partial charge in [0.1, 0.15) is 12.4 Å². The molecule has 0 unspecified atom stereocenters. The van der Waals surface area contributed by atoms with E-state index in [4.69, 9.17) is 9.47 Å². The van der Waals surface area contributed by atoms with Crippen LogP contribution in [0.3, 0.4) is 0 Å². The minimum absolute atomic E-state index is 0.181. The number of aryl methyl sites for hydroxylation is 2. The molecule has 0 saturated carbocycles. The number of amidine groups is 1. The smallest absolute Gasteiger partial charge is 0.264 e. The first-order valence-corrected chi connectivity index (χ1v) is 12.9. The predicted octanol–water partition coefficient (Wildman–Crippen LogP) is 7.45. The van der Waals surface area contributed by atoms with E-state index in [2.05, 4.69) is 42.2 Å². The largest absolute Gasteiger partial charge is 0.493 e. The van der Waals surface area contributed by atoms with Crippen molar-refractivity contribution >= 4 is 66.5 Å². The number of rotatable bonds is 6. The molecule has 1 aliphatic heterocycles. The number of hydrogen-bond acceptors (Lipinski definition) is 5. The van der Waals surface area contributed by atoms with Crippen LogP contribution in [-0.4, -0.2) is 18.2 Å². The van der Waals surface area contributed by atoms with E-state index in [9.17, 15) is 9.18 Å². The monoisotopic (exact) mass is 618 g/mol. The molecule has 1 aliphatic rings. The van der Waals surface area contributed by atoms with Gasteiger partial charge in [-0.05, 0) is 106 Å². The summed E-state index contributed by atoms with van der Waals surface area (Å²) in [5.74, 6) is 0.437. The summed E-state index contributed by atoms with van der Waals surface area (Å²) >= 11 is 8.35. The summed E-state index contributed by atoms with van der Waals surface area (Å²) in [4.78, 5) is 17.7. The molecule has 1 saturated heterocycles. The maximum atomic E-state index is 13.5. The molecule has 0 aromatic heterocycles. The van der Waals surface area contributed by atoms with Gasteiger partial charge in [0.25, 0.3) is 5.91 Å². The van der Waals surface area contributed by atoms with E-state index in [1.165, 1.54) is 31.0 Å². The van der Waals surface area contributed by atoms with Crippen molar-refractivity contribution in [3.63, 3.8) is 0 Å². The summed E-state index contributed by atoms with van der Waals surface area (Å²) in [7, 11) is 1.54. The SMILES string of the molecule is COc1cc(/C=C2\SC(=Nc3cc(C)c(Br)c(C)c3)NC2=O)cc(Br)c1OCc1cccc(F)c1. The number of aliphatic imine (C=N–C) groups is 1. The Hall–Kier alpha value is -2.62. The van der Waals surface area contributed by atoms with E-state index < -0.39 is 0 Å². The molecule has 9 heteroatoms. The van der Waals surface area contributed by atoms with Crippen LogP contribution >= 0.6 is 43.6 Å². The molecule has 4 rings (SSSR count). The first kappa shape index (κ1) is 25.5. The zero-order chi connectivity index (χ0) is 25.1. The van der Waals surface area contributed by atoms with Crippen molar-refractivity contribution < 1.29 is 18.7 Å². The van der Waals surface area contributed by atoms with Crippen LogP contribution in [-0.2, 0) is 11.4 Å². The highest BCUT2D eigenvalue weighted by atomic mass is 79.9. The number of benzene rings is 3. The second-order valence-corrected chi connectivity index (χ2v) is 10.5. The van der Waals surface area contributed by atoms with E-state index in [1.54, 1.807) is 24.3 Å². The average molecular weight is 620 g/mol. The Balaban J connectivity index is 1.55. The molecule has 1 N–H and O–H groups in total. The van der Waals surface area contributed by atoms with Gasteiger partial charge in [-0.1, -0.05) is 28.1 Å². The molecular formula is C26H21Br2FN2O3S. The van der Waals surface area contributed by atoms with E-state index in [0.29, 0.717) is 31.6 Å². The summed E-state index contributed by atoms with van der Waals surface area (Å²) < 4.78 is 26.6. The zero-order valence-corrected chi connectivity index (χ0v) is 23.1. The lowest BCUT2D eigenvalue weighted by Crippen LogP contribution is -2.19. The molecular weight excluding hydrogens is 599 g/mol. The zero-order valence-electron chi connectivity index (χ0n) is 19.1. The molecule has 0 bridgehead atoms. The van der Waals surface area contributed by atoms with Crippen LogP contribution in [0.15, 0.2) is 67.4 Å². The number of hydrogen-bond donors (Lipinski definition) is 1. The third-order valence-electron chi connectivity index (χ3n) is 5.12. The quantitative estimate of drug-likeness (QED) is 0.291.